The summed E-state index contributed by atoms with van der Waals surface area (Å²) < 4.78 is 5.52. The van der Waals surface area contributed by atoms with E-state index in [2.05, 4.69) is 72.7 Å². The number of hydrogen-bond acceptors (Lipinski definition) is 5. The van der Waals surface area contributed by atoms with Gasteiger partial charge in [0.1, 0.15) is 17.2 Å². The van der Waals surface area contributed by atoms with Gasteiger partial charge in [-0.3, -0.25) is 0 Å². The van der Waals surface area contributed by atoms with E-state index in [1.807, 2.05) is 27.7 Å². The van der Waals surface area contributed by atoms with Gasteiger partial charge in [0.2, 0.25) is 0 Å². The largest absolute Gasteiger partial charge is 0.444 e. The van der Waals surface area contributed by atoms with Crippen LogP contribution in [0.5, 0.6) is 0 Å². The van der Waals surface area contributed by atoms with Crippen molar-refractivity contribution in [3.05, 3.63) is 71.1 Å². The van der Waals surface area contributed by atoms with Gasteiger partial charge in [-0.05, 0) is 76.8 Å². The van der Waals surface area contributed by atoms with Crippen molar-refractivity contribution in [1.82, 2.24) is 14.9 Å². The number of fused-ring (bicyclic) bond motifs is 1. The van der Waals surface area contributed by atoms with Crippen LogP contribution in [-0.2, 0) is 4.74 Å². The van der Waals surface area contributed by atoms with Crippen LogP contribution in [0.25, 0.3) is 16.5 Å². The number of nitrogens with one attached hydrogen (secondary N) is 1. The molecular weight excluding hydrogens is 424 g/mol. The second kappa shape index (κ2) is 9.45. The van der Waals surface area contributed by atoms with E-state index in [0.717, 1.165) is 34.5 Å². The van der Waals surface area contributed by atoms with Gasteiger partial charge in [0, 0.05) is 24.5 Å². The summed E-state index contributed by atoms with van der Waals surface area (Å²) >= 11 is 0. The maximum atomic E-state index is 12.4. The third-order valence-electron chi connectivity index (χ3n) is 5.93. The van der Waals surface area contributed by atoms with Gasteiger partial charge in [0.15, 0.2) is 0 Å². The number of hydrogen-bond donors (Lipinski definition) is 1. The van der Waals surface area contributed by atoms with Gasteiger partial charge in [-0.25, -0.2) is 14.8 Å². The summed E-state index contributed by atoms with van der Waals surface area (Å²) in [6.07, 6.45) is 2.63. The van der Waals surface area contributed by atoms with Gasteiger partial charge >= 0.3 is 6.09 Å². The predicted octanol–water partition coefficient (Wildman–Crippen LogP) is 6.44. The normalized spacial score (nSPS) is 15.1. The Labute approximate surface area is 202 Å². The highest BCUT2D eigenvalue weighted by molar-refractivity contribution is 5.92. The minimum atomic E-state index is -0.490. The van der Waals surface area contributed by atoms with Crippen LogP contribution in [0.1, 0.15) is 62.7 Å². The van der Waals surface area contributed by atoms with Crippen LogP contribution in [0.4, 0.5) is 10.6 Å². The van der Waals surface area contributed by atoms with Crippen LogP contribution in [0.2, 0.25) is 0 Å². The maximum Gasteiger partial charge on any atom is 0.410 e. The minimum absolute atomic E-state index is 0.109. The number of aromatic nitrogens is 2. The number of benzene rings is 2. The molecule has 1 aliphatic rings. The van der Waals surface area contributed by atoms with Crippen molar-refractivity contribution in [3.63, 3.8) is 0 Å². The highest BCUT2D eigenvalue weighted by Gasteiger charge is 2.24. The molecule has 0 unspecified atom stereocenters. The van der Waals surface area contributed by atoms with Crippen molar-refractivity contribution in [2.75, 3.05) is 18.4 Å². The summed E-state index contributed by atoms with van der Waals surface area (Å²) in [5, 5.41) is 4.60. The van der Waals surface area contributed by atoms with Gasteiger partial charge in [0.05, 0.1) is 5.52 Å². The second-order valence-corrected chi connectivity index (χ2v) is 10.0. The quantitative estimate of drug-likeness (QED) is 0.487. The van der Waals surface area contributed by atoms with E-state index in [0.29, 0.717) is 13.1 Å². The summed E-state index contributed by atoms with van der Waals surface area (Å²) in [6, 6.07) is 15.0. The number of carbonyl (C=O) groups is 1. The molecule has 6 nitrogen and oxygen atoms in total. The Morgan fingerprint density at radius 1 is 1.12 bits per heavy atom. The van der Waals surface area contributed by atoms with Gasteiger partial charge in [-0.15, -0.1) is 0 Å². The molecule has 0 saturated carbocycles. The van der Waals surface area contributed by atoms with Crippen LogP contribution in [0, 0.1) is 13.8 Å². The fraction of sp³-hybridized carbons (Fsp3) is 0.393. The predicted molar refractivity (Wildman–Crippen MR) is 138 cm³/mol. The van der Waals surface area contributed by atoms with Crippen molar-refractivity contribution in [2.24, 2.45) is 0 Å². The summed E-state index contributed by atoms with van der Waals surface area (Å²) in [7, 11) is 0. The average Bonchev–Trinajstić information content (AvgIpc) is 2.78. The molecule has 1 atom stereocenters. The lowest BCUT2D eigenvalue weighted by molar-refractivity contribution is 0.0270. The summed E-state index contributed by atoms with van der Waals surface area (Å²) in [5.41, 5.74) is 5.24. The average molecular weight is 459 g/mol. The lowest BCUT2D eigenvalue weighted by Crippen LogP contribution is -2.39. The molecule has 1 amide bonds. The molecule has 1 aromatic heterocycles. The number of ether oxygens (including phenoxy) is 1. The highest BCUT2D eigenvalue weighted by Crippen LogP contribution is 2.30. The number of rotatable bonds is 4. The van der Waals surface area contributed by atoms with Crippen LogP contribution < -0.4 is 5.32 Å². The molecule has 0 radical (unpaired) electrons. The molecule has 0 saturated heterocycles. The van der Waals surface area contributed by atoms with Crippen LogP contribution in [0.3, 0.4) is 0 Å². The standard InChI is InChI=1S/C28H34N4O2/c1-18-8-7-9-22(16-18)19(2)29-26-24-17-23(10-11-25(24)30-20(3)31-26)21-12-14-32(15-13-21)27(33)34-28(4,5)6/h7-12,16-17,19H,13-15H2,1-6H3,(H,29,30,31)/t19-/m1/s1. The Hall–Kier alpha value is -3.41. The molecule has 6 heteroatoms. The monoisotopic (exact) mass is 458 g/mol. The van der Waals surface area contributed by atoms with E-state index in [1.54, 1.807) is 4.90 Å². The second-order valence-electron chi connectivity index (χ2n) is 10.0. The number of aryl methyl sites for hydroxylation is 2. The number of nitrogens with zero attached hydrogens (tertiary/aromatic N) is 3. The molecule has 1 aliphatic heterocycles. The molecule has 3 aromatic rings. The SMILES string of the molecule is Cc1cccc([C@@H](C)Nc2nc(C)nc3ccc(C4=CCN(C(=O)OC(C)(C)C)CC4)cc23)c1. The van der Waals surface area contributed by atoms with Crippen molar-refractivity contribution in [2.45, 2.75) is 59.6 Å². The summed E-state index contributed by atoms with van der Waals surface area (Å²) in [5.74, 6) is 1.58. The molecule has 34 heavy (non-hydrogen) atoms. The first kappa shape index (κ1) is 23.7. The van der Waals surface area contributed by atoms with Crippen molar-refractivity contribution >= 4 is 28.4 Å². The third-order valence-corrected chi connectivity index (χ3v) is 5.93. The first-order valence-corrected chi connectivity index (χ1v) is 11.9. The molecule has 0 fully saturated rings. The molecule has 2 heterocycles. The van der Waals surface area contributed by atoms with Crippen molar-refractivity contribution in [1.29, 1.82) is 0 Å². The minimum Gasteiger partial charge on any atom is -0.444 e. The molecule has 0 spiro atoms. The maximum absolute atomic E-state index is 12.4. The van der Waals surface area contributed by atoms with E-state index in [-0.39, 0.29) is 12.1 Å². The number of carbonyl (C=O) groups excluding carboxylic acids is 1. The molecule has 4 rings (SSSR count). The van der Waals surface area contributed by atoms with Gasteiger partial charge in [0.25, 0.3) is 0 Å². The topological polar surface area (TPSA) is 67.4 Å². The molecule has 2 aromatic carbocycles. The third kappa shape index (κ3) is 5.56. The van der Waals surface area contributed by atoms with Crippen LogP contribution in [0.15, 0.2) is 48.5 Å². The fourth-order valence-electron chi connectivity index (χ4n) is 4.21. The zero-order valence-corrected chi connectivity index (χ0v) is 21.0. The van der Waals surface area contributed by atoms with Crippen LogP contribution in [-0.4, -0.2) is 39.7 Å². The van der Waals surface area contributed by atoms with E-state index in [9.17, 15) is 4.79 Å². The van der Waals surface area contributed by atoms with Gasteiger partial charge in [-0.1, -0.05) is 42.0 Å². The van der Waals surface area contributed by atoms with E-state index in [4.69, 9.17) is 9.72 Å². The number of anilines is 1. The van der Waals surface area contributed by atoms with E-state index in [1.165, 1.54) is 16.7 Å². The first-order valence-electron chi connectivity index (χ1n) is 11.9. The van der Waals surface area contributed by atoms with E-state index >= 15 is 0 Å². The molecular formula is C28H34N4O2. The zero-order chi connectivity index (χ0) is 24.5. The zero-order valence-electron chi connectivity index (χ0n) is 21.0. The lowest BCUT2D eigenvalue weighted by Gasteiger charge is -2.29. The Balaban J connectivity index is 1.59. The van der Waals surface area contributed by atoms with Crippen molar-refractivity contribution in [3.8, 4) is 0 Å². The lowest BCUT2D eigenvalue weighted by atomic mass is 9.98. The summed E-state index contributed by atoms with van der Waals surface area (Å²) in [4.78, 5) is 23.5. The molecule has 0 bridgehead atoms. The fourth-order valence-corrected chi connectivity index (χ4v) is 4.21. The molecule has 1 N–H and O–H groups in total. The van der Waals surface area contributed by atoms with Crippen LogP contribution >= 0.6 is 0 Å². The Bertz CT molecular complexity index is 1240. The Kier molecular flexibility index (Phi) is 6.60. The first-order chi connectivity index (χ1) is 16.1. The van der Waals surface area contributed by atoms with Gasteiger partial charge in [-0.2, -0.15) is 0 Å². The van der Waals surface area contributed by atoms with Gasteiger partial charge < -0.3 is 15.0 Å². The van der Waals surface area contributed by atoms with Crippen molar-refractivity contribution < 1.29 is 9.53 Å². The summed E-state index contributed by atoms with van der Waals surface area (Å²) in [6.45, 7) is 13.0. The Morgan fingerprint density at radius 2 is 1.91 bits per heavy atom. The number of amides is 1. The highest BCUT2D eigenvalue weighted by atomic mass is 16.6. The molecule has 0 aliphatic carbocycles. The smallest absolute Gasteiger partial charge is 0.410 e. The van der Waals surface area contributed by atoms with E-state index < -0.39 is 5.60 Å². The molecule has 178 valence electrons. The Morgan fingerprint density at radius 3 is 2.59 bits per heavy atom.